The van der Waals surface area contributed by atoms with Gasteiger partial charge >= 0.3 is 0 Å². The van der Waals surface area contributed by atoms with Crippen molar-refractivity contribution in [3.63, 3.8) is 0 Å². The van der Waals surface area contributed by atoms with Crippen molar-refractivity contribution in [2.45, 2.75) is 0 Å². The number of carbonyl (C=O) groups excluding carboxylic acids is 1. The maximum Gasteiger partial charge on any atom is 0.269 e. The molecule has 0 aliphatic carbocycles. The zero-order valence-electron chi connectivity index (χ0n) is 16.1. The smallest absolute Gasteiger partial charge is 0.269 e. The molecule has 0 fully saturated rings. The predicted molar refractivity (Wildman–Crippen MR) is 112 cm³/mol. The van der Waals surface area contributed by atoms with E-state index in [9.17, 15) is 14.9 Å². The van der Waals surface area contributed by atoms with Crippen LogP contribution in [0.25, 0.3) is 22.9 Å². The highest BCUT2D eigenvalue weighted by atomic mass is 16.6. The lowest BCUT2D eigenvalue weighted by Crippen LogP contribution is -2.20. The number of ether oxygens (including phenoxy) is 1. The van der Waals surface area contributed by atoms with Crippen molar-refractivity contribution in [3.05, 3.63) is 89.0 Å². The van der Waals surface area contributed by atoms with Crippen LogP contribution in [-0.4, -0.2) is 27.6 Å². The minimum absolute atomic E-state index is 0.0472. The van der Waals surface area contributed by atoms with E-state index < -0.39 is 4.92 Å². The van der Waals surface area contributed by atoms with Gasteiger partial charge in [0, 0.05) is 28.9 Å². The topological polar surface area (TPSA) is 120 Å². The molecule has 31 heavy (non-hydrogen) atoms. The van der Waals surface area contributed by atoms with Crippen LogP contribution in [0.5, 0.6) is 5.75 Å². The minimum Gasteiger partial charge on any atom is -0.484 e. The quantitative estimate of drug-likeness (QED) is 0.352. The van der Waals surface area contributed by atoms with E-state index in [2.05, 4.69) is 15.5 Å². The molecule has 4 rings (SSSR count). The van der Waals surface area contributed by atoms with Crippen LogP contribution in [0.15, 0.2) is 83.3 Å². The van der Waals surface area contributed by atoms with Gasteiger partial charge in [-0.05, 0) is 48.5 Å². The molecule has 0 atom stereocenters. The molecule has 0 bridgehead atoms. The number of benzene rings is 3. The van der Waals surface area contributed by atoms with Gasteiger partial charge in [0.1, 0.15) is 5.75 Å². The minimum atomic E-state index is -0.503. The van der Waals surface area contributed by atoms with Gasteiger partial charge in [-0.15, -0.1) is 10.2 Å². The summed E-state index contributed by atoms with van der Waals surface area (Å²) in [5.74, 6) is 0.798. The Labute approximate surface area is 176 Å². The number of hydrogen-bond acceptors (Lipinski definition) is 7. The molecule has 1 N–H and O–H groups in total. The first-order valence-electron chi connectivity index (χ1n) is 9.25. The maximum atomic E-state index is 12.1. The van der Waals surface area contributed by atoms with Crippen molar-refractivity contribution in [2.75, 3.05) is 11.9 Å². The number of anilines is 1. The third-order valence-electron chi connectivity index (χ3n) is 4.28. The van der Waals surface area contributed by atoms with E-state index >= 15 is 0 Å². The van der Waals surface area contributed by atoms with Gasteiger partial charge in [0.25, 0.3) is 11.6 Å². The molecule has 0 spiro atoms. The molecule has 154 valence electrons. The lowest BCUT2D eigenvalue weighted by atomic mass is 10.2. The zero-order chi connectivity index (χ0) is 21.6. The number of nitrogens with zero attached hydrogens (tertiary/aromatic N) is 3. The summed E-state index contributed by atoms with van der Waals surface area (Å²) in [6.45, 7) is -0.232. The second-order valence-corrected chi connectivity index (χ2v) is 6.44. The Kier molecular flexibility index (Phi) is 5.66. The normalized spacial score (nSPS) is 10.5. The van der Waals surface area contributed by atoms with Gasteiger partial charge in [-0.2, -0.15) is 0 Å². The van der Waals surface area contributed by atoms with E-state index in [0.29, 0.717) is 23.2 Å². The molecular weight excluding hydrogens is 400 g/mol. The average Bonchev–Trinajstić information content (AvgIpc) is 3.29. The molecule has 1 aromatic heterocycles. The summed E-state index contributed by atoms with van der Waals surface area (Å²) in [5, 5.41) is 21.5. The molecule has 0 unspecified atom stereocenters. The second kappa shape index (κ2) is 8.87. The highest BCUT2D eigenvalue weighted by molar-refractivity contribution is 5.92. The van der Waals surface area contributed by atoms with Gasteiger partial charge in [-0.1, -0.05) is 18.2 Å². The van der Waals surface area contributed by atoms with Crippen LogP contribution >= 0.6 is 0 Å². The Morgan fingerprint density at radius 2 is 1.52 bits per heavy atom. The van der Waals surface area contributed by atoms with Crippen LogP contribution in [0.2, 0.25) is 0 Å². The maximum absolute atomic E-state index is 12.1. The van der Waals surface area contributed by atoms with Crippen LogP contribution in [0, 0.1) is 10.1 Å². The monoisotopic (exact) mass is 416 g/mol. The van der Waals surface area contributed by atoms with Gasteiger partial charge in [-0.3, -0.25) is 14.9 Å². The number of carbonyl (C=O) groups is 1. The molecule has 9 nitrogen and oxygen atoms in total. The van der Waals surface area contributed by atoms with Gasteiger partial charge in [0.15, 0.2) is 6.61 Å². The van der Waals surface area contributed by atoms with E-state index in [-0.39, 0.29) is 18.2 Å². The Balaban J connectivity index is 1.33. The van der Waals surface area contributed by atoms with Crippen molar-refractivity contribution < 1.29 is 18.9 Å². The van der Waals surface area contributed by atoms with E-state index in [1.807, 2.05) is 30.3 Å². The summed E-state index contributed by atoms with van der Waals surface area (Å²) < 4.78 is 11.1. The second-order valence-electron chi connectivity index (χ2n) is 6.44. The number of hydrogen-bond donors (Lipinski definition) is 1. The predicted octanol–water partition coefficient (Wildman–Crippen LogP) is 4.33. The molecule has 1 heterocycles. The lowest BCUT2D eigenvalue weighted by molar-refractivity contribution is -0.384. The third kappa shape index (κ3) is 4.91. The first-order valence-corrected chi connectivity index (χ1v) is 9.25. The molecule has 0 aliphatic rings. The molecule has 0 aliphatic heterocycles. The number of aromatic nitrogens is 2. The first-order chi connectivity index (χ1) is 15.1. The summed E-state index contributed by atoms with van der Waals surface area (Å²) in [6.07, 6.45) is 0. The fraction of sp³-hybridized carbons (Fsp3) is 0.0455. The SMILES string of the molecule is O=C(COc1ccc([N+](=O)[O-])cc1)Nc1ccc(-c2nnc(-c3ccccc3)o2)cc1. The van der Waals surface area contributed by atoms with Crippen LogP contribution < -0.4 is 10.1 Å². The summed E-state index contributed by atoms with van der Waals surface area (Å²) in [7, 11) is 0. The Bertz CT molecular complexity index is 1190. The van der Waals surface area contributed by atoms with Crippen molar-refractivity contribution in [1.82, 2.24) is 10.2 Å². The third-order valence-corrected chi connectivity index (χ3v) is 4.28. The summed E-state index contributed by atoms with van der Waals surface area (Å²) in [6, 6.07) is 21.9. The molecule has 1 amide bonds. The molecule has 0 saturated heterocycles. The summed E-state index contributed by atoms with van der Waals surface area (Å²) in [4.78, 5) is 22.2. The van der Waals surface area contributed by atoms with Crippen molar-refractivity contribution in [2.24, 2.45) is 0 Å². The zero-order valence-corrected chi connectivity index (χ0v) is 16.1. The fourth-order valence-corrected chi connectivity index (χ4v) is 2.74. The lowest BCUT2D eigenvalue weighted by Gasteiger charge is -2.07. The largest absolute Gasteiger partial charge is 0.484 e. The number of rotatable bonds is 7. The van der Waals surface area contributed by atoms with Crippen molar-refractivity contribution in [3.8, 4) is 28.7 Å². The van der Waals surface area contributed by atoms with Gasteiger partial charge < -0.3 is 14.5 Å². The Hall–Kier alpha value is -4.53. The van der Waals surface area contributed by atoms with E-state index in [0.717, 1.165) is 11.1 Å². The standard InChI is InChI=1S/C22H16N4O5/c27-20(14-30-19-12-10-18(11-13-19)26(28)29)23-17-8-6-16(7-9-17)22-25-24-21(31-22)15-4-2-1-3-5-15/h1-13H,14H2,(H,23,27). The molecule has 3 aromatic carbocycles. The van der Waals surface area contributed by atoms with Crippen LogP contribution in [0.1, 0.15) is 0 Å². The van der Waals surface area contributed by atoms with Gasteiger partial charge in [0.05, 0.1) is 4.92 Å². The molecule has 9 heteroatoms. The number of non-ortho nitro benzene ring substituents is 1. The van der Waals surface area contributed by atoms with E-state index in [1.54, 1.807) is 24.3 Å². The van der Waals surface area contributed by atoms with Crippen LogP contribution in [-0.2, 0) is 4.79 Å². The first kappa shape index (κ1) is 19.8. The molecule has 0 radical (unpaired) electrons. The van der Waals surface area contributed by atoms with Crippen LogP contribution in [0.3, 0.4) is 0 Å². The number of nitrogens with one attached hydrogen (secondary N) is 1. The number of nitro benzene ring substituents is 1. The van der Waals surface area contributed by atoms with Crippen molar-refractivity contribution >= 4 is 17.3 Å². The molecular formula is C22H16N4O5. The Morgan fingerprint density at radius 1 is 0.903 bits per heavy atom. The molecule has 4 aromatic rings. The van der Waals surface area contributed by atoms with Gasteiger partial charge in [0.2, 0.25) is 11.8 Å². The average molecular weight is 416 g/mol. The van der Waals surface area contributed by atoms with Crippen molar-refractivity contribution in [1.29, 1.82) is 0 Å². The van der Waals surface area contributed by atoms with Crippen LogP contribution in [0.4, 0.5) is 11.4 Å². The summed E-state index contributed by atoms with van der Waals surface area (Å²) >= 11 is 0. The number of nitro groups is 1. The highest BCUT2D eigenvalue weighted by Crippen LogP contribution is 2.24. The van der Waals surface area contributed by atoms with E-state index in [4.69, 9.17) is 9.15 Å². The molecule has 0 saturated carbocycles. The van der Waals surface area contributed by atoms with E-state index in [1.165, 1.54) is 24.3 Å². The highest BCUT2D eigenvalue weighted by Gasteiger charge is 2.11. The Morgan fingerprint density at radius 3 is 2.13 bits per heavy atom. The summed E-state index contributed by atoms with van der Waals surface area (Å²) in [5.41, 5.74) is 2.07. The fourth-order valence-electron chi connectivity index (χ4n) is 2.74. The van der Waals surface area contributed by atoms with Gasteiger partial charge in [-0.25, -0.2) is 0 Å². The number of amides is 1.